The zero-order chi connectivity index (χ0) is 13.5. The van der Waals surface area contributed by atoms with Gasteiger partial charge in [0.1, 0.15) is 0 Å². The summed E-state index contributed by atoms with van der Waals surface area (Å²) in [6.45, 7) is 5.40. The summed E-state index contributed by atoms with van der Waals surface area (Å²) in [7, 11) is 0. The first kappa shape index (κ1) is 14.1. The van der Waals surface area contributed by atoms with Gasteiger partial charge in [-0.05, 0) is 53.4 Å². The van der Waals surface area contributed by atoms with Crippen molar-refractivity contribution in [3.63, 3.8) is 0 Å². The molecule has 0 saturated carbocycles. The molecular formula is C16H22N2S. The summed E-state index contributed by atoms with van der Waals surface area (Å²) in [5.74, 6) is 0. The number of hydrogen-bond donors (Lipinski definition) is 1. The Morgan fingerprint density at radius 2 is 2.00 bits per heavy atom. The van der Waals surface area contributed by atoms with Gasteiger partial charge < -0.3 is 5.73 Å². The molecule has 2 nitrogen and oxygen atoms in total. The van der Waals surface area contributed by atoms with Crippen molar-refractivity contribution < 1.29 is 0 Å². The Kier molecular flexibility index (Phi) is 5.43. The van der Waals surface area contributed by atoms with Crippen LogP contribution in [0.15, 0.2) is 41.1 Å². The van der Waals surface area contributed by atoms with Crippen molar-refractivity contribution >= 4 is 17.0 Å². The molecule has 19 heavy (non-hydrogen) atoms. The minimum atomic E-state index is 0.902. The SMILES string of the molecule is CCCN(CCc1ccsc1)Cc1ccccc1N. The maximum absolute atomic E-state index is 6.03. The molecular weight excluding hydrogens is 252 g/mol. The molecule has 2 rings (SSSR count). The first-order valence-corrected chi connectivity index (χ1v) is 7.80. The lowest BCUT2D eigenvalue weighted by Gasteiger charge is -2.22. The number of para-hydroxylation sites is 1. The van der Waals surface area contributed by atoms with Crippen molar-refractivity contribution in [3.8, 4) is 0 Å². The minimum absolute atomic E-state index is 0.902. The van der Waals surface area contributed by atoms with Gasteiger partial charge in [0, 0.05) is 18.8 Å². The molecule has 0 saturated heterocycles. The summed E-state index contributed by atoms with van der Waals surface area (Å²) in [6, 6.07) is 10.4. The van der Waals surface area contributed by atoms with E-state index in [0.717, 1.165) is 31.7 Å². The van der Waals surface area contributed by atoms with Gasteiger partial charge >= 0.3 is 0 Å². The molecule has 1 aromatic heterocycles. The second-order valence-electron chi connectivity index (χ2n) is 4.86. The third kappa shape index (κ3) is 4.37. The lowest BCUT2D eigenvalue weighted by Crippen LogP contribution is -2.26. The Bertz CT molecular complexity index is 479. The van der Waals surface area contributed by atoms with Gasteiger partial charge in [-0.2, -0.15) is 11.3 Å². The highest BCUT2D eigenvalue weighted by atomic mass is 32.1. The standard InChI is InChI=1S/C16H22N2S/c1-2-9-18(10-7-14-8-11-19-13-14)12-15-5-3-4-6-16(15)17/h3-6,8,11,13H,2,7,9-10,12,17H2,1H3. The monoisotopic (exact) mass is 274 g/mol. The molecule has 0 aliphatic heterocycles. The van der Waals surface area contributed by atoms with Crippen molar-refractivity contribution in [3.05, 3.63) is 52.2 Å². The maximum Gasteiger partial charge on any atom is 0.0359 e. The van der Waals surface area contributed by atoms with Crippen LogP contribution >= 0.6 is 11.3 Å². The molecule has 0 unspecified atom stereocenters. The fraction of sp³-hybridized carbons (Fsp3) is 0.375. The van der Waals surface area contributed by atoms with Gasteiger partial charge in [0.2, 0.25) is 0 Å². The van der Waals surface area contributed by atoms with Gasteiger partial charge in [-0.1, -0.05) is 25.1 Å². The molecule has 0 aliphatic rings. The number of hydrogen-bond acceptors (Lipinski definition) is 3. The van der Waals surface area contributed by atoms with E-state index in [1.807, 2.05) is 12.1 Å². The Morgan fingerprint density at radius 1 is 1.16 bits per heavy atom. The van der Waals surface area contributed by atoms with E-state index in [0.29, 0.717) is 0 Å². The van der Waals surface area contributed by atoms with E-state index in [-0.39, 0.29) is 0 Å². The third-order valence-corrected chi connectivity index (χ3v) is 4.02. The van der Waals surface area contributed by atoms with Crippen molar-refractivity contribution in [1.82, 2.24) is 4.90 Å². The summed E-state index contributed by atoms with van der Waals surface area (Å²) >= 11 is 1.77. The lowest BCUT2D eigenvalue weighted by atomic mass is 10.1. The molecule has 0 spiro atoms. The molecule has 2 aromatic rings. The van der Waals surface area contributed by atoms with Crippen LogP contribution in [0.3, 0.4) is 0 Å². The summed E-state index contributed by atoms with van der Waals surface area (Å²) in [5.41, 5.74) is 9.61. The highest BCUT2D eigenvalue weighted by Gasteiger charge is 2.07. The number of nitrogens with zero attached hydrogens (tertiary/aromatic N) is 1. The summed E-state index contributed by atoms with van der Waals surface area (Å²) in [5, 5.41) is 4.38. The first-order valence-electron chi connectivity index (χ1n) is 6.86. The van der Waals surface area contributed by atoms with Crippen LogP contribution in [-0.2, 0) is 13.0 Å². The smallest absolute Gasteiger partial charge is 0.0359 e. The molecule has 3 heteroatoms. The average Bonchev–Trinajstić information content (AvgIpc) is 2.92. The first-order chi connectivity index (χ1) is 9.29. The molecule has 1 heterocycles. The number of thiophene rings is 1. The Balaban J connectivity index is 1.94. The van der Waals surface area contributed by atoms with E-state index < -0.39 is 0 Å². The Labute approximate surface area is 119 Å². The van der Waals surface area contributed by atoms with Gasteiger partial charge in [0.15, 0.2) is 0 Å². The predicted octanol–water partition coefficient (Wildman–Crippen LogP) is 3.79. The van der Waals surface area contributed by atoms with E-state index in [4.69, 9.17) is 5.73 Å². The number of benzene rings is 1. The summed E-state index contributed by atoms with van der Waals surface area (Å²) in [4.78, 5) is 2.49. The van der Waals surface area contributed by atoms with Crippen LogP contribution in [0, 0.1) is 0 Å². The second kappa shape index (κ2) is 7.31. The normalized spacial score (nSPS) is 11.1. The Morgan fingerprint density at radius 3 is 2.68 bits per heavy atom. The highest BCUT2D eigenvalue weighted by molar-refractivity contribution is 7.07. The van der Waals surface area contributed by atoms with Crippen LogP contribution in [0.2, 0.25) is 0 Å². The van der Waals surface area contributed by atoms with E-state index in [1.54, 1.807) is 11.3 Å². The number of rotatable bonds is 7. The topological polar surface area (TPSA) is 29.3 Å². The summed E-state index contributed by atoms with van der Waals surface area (Å²) < 4.78 is 0. The fourth-order valence-electron chi connectivity index (χ4n) is 2.23. The van der Waals surface area contributed by atoms with Gasteiger partial charge in [0.25, 0.3) is 0 Å². The number of nitrogens with two attached hydrogens (primary N) is 1. The number of nitrogen functional groups attached to an aromatic ring is 1. The van der Waals surface area contributed by atoms with Gasteiger partial charge in [-0.15, -0.1) is 0 Å². The lowest BCUT2D eigenvalue weighted by molar-refractivity contribution is 0.270. The van der Waals surface area contributed by atoms with Crippen LogP contribution in [0.1, 0.15) is 24.5 Å². The molecule has 102 valence electrons. The maximum atomic E-state index is 6.03. The van der Waals surface area contributed by atoms with E-state index in [1.165, 1.54) is 17.5 Å². The third-order valence-electron chi connectivity index (χ3n) is 3.29. The van der Waals surface area contributed by atoms with Crippen LogP contribution in [0.4, 0.5) is 5.69 Å². The van der Waals surface area contributed by atoms with Crippen LogP contribution in [0.5, 0.6) is 0 Å². The minimum Gasteiger partial charge on any atom is -0.398 e. The van der Waals surface area contributed by atoms with Gasteiger partial charge in [0.05, 0.1) is 0 Å². The van der Waals surface area contributed by atoms with Crippen LogP contribution < -0.4 is 5.73 Å². The van der Waals surface area contributed by atoms with Crippen molar-refractivity contribution in [2.75, 3.05) is 18.8 Å². The Hall–Kier alpha value is -1.32. The molecule has 0 bridgehead atoms. The predicted molar refractivity (Wildman–Crippen MR) is 84.4 cm³/mol. The van der Waals surface area contributed by atoms with Crippen LogP contribution in [0.25, 0.3) is 0 Å². The largest absolute Gasteiger partial charge is 0.398 e. The van der Waals surface area contributed by atoms with Crippen molar-refractivity contribution in [1.29, 1.82) is 0 Å². The molecule has 0 atom stereocenters. The van der Waals surface area contributed by atoms with E-state index in [9.17, 15) is 0 Å². The summed E-state index contributed by atoms with van der Waals surface area (Å²) in [6.07, 6.45) is 2.30. The zero-order valence-electron chi connectivity index (χ0n) is 11.5. The molecule has 2 N–H and O–H groups in total. The fourth-order valence-corrected chi connectivity index (χ4v) is 2.93. The number of anilines is 1. The van der Waals surface area contributed by atoms with Crippen LogP contribution in [-0.4, -0.2) is 18.0 Å². The van der Waals surface area contributed by atoms with Crippen molar-refractivity contribution in [2.24, 2.45) is 0 Å². The zero-order valence-corrected chi connectivity index (χ0v) is 12.3. The van der Waals surface area contributed by atoms with Crippen molar-refractivity contribution in [2.45, 2.75) is 26.3 Å². The quantitative estimate of drug-likeness (QED) is 0.778. The van der Waals surface area contributed by atoms with E-state index >= 15 is 0 Å². The molecule has 0 aliphatic carbocycles. The molecule has 0 radical (unpaired) electrons. The molecule has 0 amide bonds. The van der Waals surface area contributed by atoms with Gasteiger partial charge in [-0.3, -0.25) is 4.90 Å². The average molecular weight is 274 g/mol. The molecule has 1 aromatic carbocycles. The molecule has 0 fully saturated rings. The van der Waals surface area contributed by atoms with E-state index in [2.05, 4.69) is 40.8 Å². The second-order valence-corrected chi connectivity index (χ2v) is 5.64. The highest BCUT2D eigenvalue weighted by Crippen LogP contribution is 2.15. The van der Waals surface area contributed by atoms with Gasteiger partial charge in [-0.25, -0.2) is 0 Å².